The fourth-order valence-electron chi connectivity index (χ4n) is 0.758. The summed E-state index contributed by atoms with van der Waals surface area (Å²) in [7, 11) is 0. The van der Waals surface area contributed by atoms with Crippen molar-refractivity contribution in [1.29, 1.82) is 0 Å². The molecule has 13 heavy (non-hydrogen) atoms. The van der Waals surface area contributed by atoms with E-state index < -0.39 is 11.9 Å². The zero-order chi connectivity index (χ0) is 9.68. The molecule has 0 bridgehead atoms. The first kappa shape index (κ1) is 9.73. The summed E-state index contributed by atoms with van der Waals surface area (Å²) < 4.78 is 4.44. The quantitative estimate of drug-likeness (QED) is 0.582. The fourth-order valence-corrected chi connectivity index (χ4v) is 1.46. The van der Waals surface area contributed by atoms with Crippen LogP contribution in [0.2, 0.25) is 0 Å². The van der Waals surface area contributed by atoms with Crippen LogP contribution in [-0.2, 0) is 20.7 Å². The average molecular weight is 200 g/mol. The van der Waals surface area contributed by atoms with Crippen LogP contribution in [0.25, 0.3) is 0 Å². The highest BCUT2D eigenvalue weighted by Crippen LogP contribution is 2.06. The van der Waals surface area contributed by atoms with Crippen molar-refractivity contribution in [1.82, 2.24) is 0 Å². The number of esters is 1. The van der Waals surface area contributed by atoms with E-state index in [1.54, 1.807) is 11.3 Å². The van der Waals surface area contributed by atoms with Gasteiger partial charge in [-0.25, -0.2) is 9.59 Å². The van der Waals surface area contributed by atoms with Crippen molar-refractivity contribution in [2.75, 3.05) is 6.61 Å². The van der Waals surface area contributed by atoms with Crippen molar-refractivity contribution in [2.24, 2.45) is 0 Å². The zero-order valence-electron chi connectivity index (χ0n) is 6.73. The van der Waals surface area contributed by atoms with Crippen LogP contribution in [0.3, 0.4) is 0 Å². The number of hydrogen-bond acceptors (Lipinski definition) is 4. The standard InChI is InChI=1S/C8H8O4S/c9-7(10)8(11)12-3-1-6-2-4-13-5-6/h2,4-5H,1,3H2,(H,9,10). The van der Waals surface area contributed by atoms with Crippen LogP contribution in [0.15, 0.2) is 16.8 Å². The summed E-state index contributed by atoms with van der Waals surface area (Å²) in [4.78, 5) is 20.5. The van der Waals surface area contributed by atoms with Gasteiger partial charge in [-0.2, -0.15) is 11.3 Å². The number of rotatable bonds is 3. The highest BCUT2D eigenvalue weighted by atomic mass is 32.1. The molecule has 0 unspecified atom stereocenters. The lowest BCUT2D eigenvalue weighted by Crippen LogP contribution is -2.17. The van der Waals surface area contributed by atoms with Gasteiger partial charge in [0, 0.05) is 6.42 Å². The van der Waals surface area contributed by atoms with E-state index in [1.165, 1.54) is 0 Å². The normalized spacial score (nSPS) is 9.54. The van der Waals surface area contributed by atoms with Crippen molar-refractivity contribution >= 4 is 23.3 Å². The lowest BCUT2D eigenvalue weighted by atomic mass is 10.3. The van der Waals surface area contributed by atoms with Gasteiger partial charge in [-0.3, -0.25) is 0 Å². The summed E-state index contributed by atoms with van der Waals surface area (Å²) in [6.45, 7) is 0.113. The van der Waals surface area contributed by atoms with E-state index in [1.807, 2.05) is 16.8 Å². The van der Waals surface area contributed by atoms with Gasteiger partial charge in [-0.1, -0.05) is 0 Å². The highest BCUT2D eigenvalue weighted by molar-refractivity contribution is 7.07. The third-order valence-electron chi connectivity index (χ3n) is 1.38. The number of thiophene rings is 1. The maximum Gasteiger partial charge on any atom is 0.417 e. The molecule has 4 nitrogen and oxygen atoms in total. The molecule has 70 valence electrons. The third-order valence-corrected chi connectivity index (χ3v) is 2.11. The number of carboxylic acid groups (broad SMARTS) is 1. The highest BCUT2D eigenvalue weighted by Gasteiger charge is 2.11. The summed E-state index contributed by atoms with van der Waals surface area (Å²) in [6, 6.07) is 1.90. The van der Waals surface area contributed by atoms with Gasteiger partial charge < -0.3 is 9.84 Å². The molecule has 5 heteroatoms. The van der Waals surface area contributed by atoms with Gasteiger partial charge in [0.2, 0.25) is 0 Å². The van der Waals surface area contributed by atoms with Gasteiger partial charge in [0.05, 0.1) is 6.61 Å². The molecule has 0 aliphatic rings. The Labute approximate surface area is 78.8 Å². The molecule has 1 N–H and O–H groups in total. The third kappa shape index (κ3) is 3.25. The van der Waals surface area contributed by atoms with Gasteiger partial charge in [0.15, 0.2) is 0 Å². The van der Waals surface area contributed by atoms with Crippen molar-refractivity contribution < 1.29 is 19.4 Å². The summed E-state index contributed by atoms with van der Waals surface area (Å²) in [6.07, 6.45) is 0.558. The van der Waals surface area contributed by atoms with Crippen LogP contribution in [0.4, 0.5) is 0 Å². The first-order chi connectivity index (χ1) is 6.20. The topological polar surface area (TPSA) is 63.6 Å². The summed E-state index contributed by atoms with van der Waals surface area (Å²) >= 11 is 1.55. The van der Waals surface area contributed by atoms with Gasteiger partial charge in [-0.05, 0) is 22.4 Å². The molecule has 0 aliphatic carbocycles. The minimum absolute atomic E-state index is 0.113. The predicted octanol–water partition coefficient (Wildman–Crippen LogP) is 0.918. The Hall–Kier alpha value is -1.36. The molecule has 0 aliphatic heterocycles. The molecule has 0 amide bonds. The summed E-state index contributed by atoms with van der Waals surface area (Å²) in [5.41, 5.74) is 1.04. The van der Waals surface area contributed by atoms with Crippen molar-refractivity contribution in [2.45, 2.75) is 6.42 Å². The zero-order valence-corrected chi connectivity index (χ0v) is 7.54. The number of carbonyl (C=O) groups excluding carboxylic acids is 1. The largest absolute Gasteiger partial charge is 0.473 e. The Morgan fingerprint density at radius 1 is 1.54 bits per heavy atom. The SMILES string of the molecule is O=C(O)C(=O)OCCc1ccsc1. The first-order valence-electron chi connectivity index (χ1n) is 3.61. The van der Waals surface area contributed by atoms with Crippen LogP contribution in [-0.4, -0.2) is 23.7 Å². The Morgan fingerprint density at radius 3 is 2.85 bits per heavy atom. The lowest BCUT2D eigenvalue weighted by molar-refractivity contribution is -0.163. The van der Waals surface area contributed by atoms with Crippen LogP contribution >= 0.6 is 11.3 Å². The van der Waals surface area contributed by atoms with E-state index in [0.29, 0.717) is 6.42 Å². The molecule has 0 aromatic carbocycles. The molecule has 1 rings (SSSR count). The van der Waals surface area contributed by atoms with Gasteiger partial charge in [0.25, 0.3) is 0 Å². The maximum atomic E-state index is 10.5. The number of aliphatic carboxylic acids is 1. The molecule has 0 spiro atoms. The molecular weight excluding hydrogens is 192 g/mol. The molecule has 0 saturated carbocycles. The van der Waals surface area contributed by atoms with Crippen LogP contribution in [0, 0.1) is 0 Å². The predicted molar refractivity (Wildman–Crippen MR) is 46.6 cm³/mol. The first-order valence-corrected chi connectivity index (χ1v) is 4.55. The van der Waals surface area contributed by atoms with E-state index in [-0.39, 0.29) is 6.61 Å². The average Bonchev–Trinajstić information content (AvgIpc) is 2.56. The number of ether oxygens (including phenoxy) is 1. The minimum atomic E-state index is -1.55. The number of carboxylic acids is 1. The van der Waals surface area contributed by atoms with E-state index in [0.717, 1.165) is 5.56 Å². The molecule has 1 heterocycles. The second kappa shape index (κ2) is 4.61. The van der Waals surface area contributed by atoms with Crippen molar-refractivity contribution in [3.05, 3.63) is 22.4 Å². The molecule has 1 aromatic heterocycles. The number of carbonyl (C=O) groups is 2. The van der Waals surface area contributed by atoms with Crippen LogP contribution in [0.5, 0.6) is 0 Å². The van der Waals surface area contributed by atoms with Crippen LogP contribution in [0.1, 0.15) is 5.56 Å². The van der Waals surface area contributed by atoms with E-state index in [9.17, 15) is 9.59 Å². The second-order valence-electron chi connectivity index (χ2n) is 2.32. The Bertz CT molecular complexity index is 291. The van der Waals surface area contributed by atoms with Gasteiger partial charge >= 0.3 is 11.9 Å². The molecule has 0 fully saturated rings. The summed E-state index contributed by atoms with van der Waals surface area (Å²) in [5, 5.41) is 12.0. The molecule has 0 radical (unpaired) electrons. The molecule has 0 atom stereocenters. The van der Waals surface area contributed by atoms with E-state index >= 15 is 0 Å². The van der Waals surface area contributed by atoms with Crippen molar-refractivity contribution in [3.63, 3.8) is 0 Å². The van der Waals surface area contributed by atoms with Gasteiger partial charge in [-0.15, -0.1) is 0 Å². The minimum Gasteiger partial charge on any atom is -0.473 e. The second-order valence-corrected chi connectivity index (χ2v) is 3.10. The Balaban J connectivity index is 2.22. The monoisotopic (exact) mass is 200 g/mol. The van der Waals surface area contributed by atoms with Crippen LogP contribution < -0.4 is 0 Å². The van der Waals surface area contributed by atoms with Crippen molar-refractivity contribution in [3.8, 4) is 0 Å². The lowest BCUT2D eigenvalue weighted by Gasteiger charge is -1.98. The Morgan fingerprint density at radius 2 is 2.31 bits per heavy atom. The molecule has 0 saturated heterocycles. The molecular formula is C8H8O4S. The maximum absolute atomic E-state index is 10.5. The van der Waals surface area contributed by atoms with Gasteiger partial charge in [0.1, 0.15) is 0 Å². The fraction of sp³-hybridized carbons (Fsp3) is 0.250. The Kier molecular flexibility index (Phi) is 3.45. The van der Waals surface area contributed by atoms with E-state index in [4.69, 9.17) is 5.11 Å². The number of hydrogen-bond donors (Lipinski definition) is 1. The molecule has 1 aromatic rings. The smallest absolute Gasteiger partial charge is 0.417 e. The van der Waals surface area contributed by atoms with E-state index in [2.05, 4.69) is 4.74 Å². The summed E-state index contributed by atoms with van der Waals surface area (Å²) in [5.74, 6) is -2.75.